The summed E-state index contributed by atoms with van der Waals surface area (Å²) in [7, 11) is 0. The first kappa shape index (κ1) is 23.3. The van der Waals surface area contributed by atoms with Gasteiger partial charge in [-0.15, -0.1) is 0 Å². The highest BCUT2D eigenvalue weighted by atomic mass is 16.2. The molecular formula is C27H37N5O. The van der Waals surface area contributed by atoms with Gasteiger partial charge < -0.3 is 14.7 Å². The highest BCUT2D eigenvalue weighted by Gasteiger charge is 2.46. The number of likely N-dealkylation sites (tertiary alicyclic amines) is 1. The summed E-state index contributed by atoms with van der Waals surface area (Å²) in [5, 5.41) is 0. The quantitative estimate of drug-likeness (QED) is 0.693. The van der Waals surface area contributed by atoms with E-state index in [0.717, 1.165) is 86.9 Å². The van der Waals surface area contributed by atoms with Crippen molar-refractivity contribution < 1.29 is 4.79 Å². The fraction of sp³-hybridized carbons (Fsp3) is 0.519. The van der Waals surface area contributed by atoms with Crippen LogP contribution in [-0.2, 0) is 4.79 Å². The second-order valence-electron chi connectivity index (χ2n) is 9.60. The van der Waals surface area contributed by atoms with Gasteiger partial charge in [0.2, 0.25) is 11.9 Å². The van der Waals surface area contributed by atoms with Crippen LogP contribution in [0.3, 0.4) is 0 Å². The summed E-state index contributed by atoms with van der Waals surface area (Å²) in [5.41, 5.74) is 3.84. The number of anilines is 1. The predicted molar refractivity (Wildman–Crippen MR) is 134 cm³/mol. The molecule has 0 radical (unpaired) electrons. The Labute approximate surface area is 198 Å². The van der Waals surface area contributed by atoms with Crippen molar-refractivity contribution >= 4 is 11.9 Å². The van der Waals surface area contributed by atoms with E-state index >= 15 is 0 Å². The van der Waals surface area contributed by atoms with E-state index in [1.54, 1.807) is 0 Å². The van der Waals surface area contributed by atoms with Gasteiger partial charge in [0.25, 0.3) is 0 Å². The lowest BCUT2D eigenvalue weighted by molar-refractivity contribution is -0.147. The molecule has 1 aromatic rings. The van der Waals surface area contributed by atoms with Crippen LogP contribution in [0.15, 0.2) is 54.3 Å². The molecule has 0 aromatic carbocycles. The molecule has 0 atom stereocenters. The first-order chi connectivity index (χ1) is 15.9. The van der Waals surface area contributed by atoms with E-state index in [1.807, 2.05) is 32.1 Å². The number of hydrogen-bond donors (Lipinski definition) is 0. The topological polar surface area (TPSA) is 52.6 Å². The van der Waals surface area contributed by atoms with Crippen molar-refractivity contribution in [3.05, 3.63) is 65.7 Å². The molecular weight excluding hydrogens is 410 g/mol. The first-order valence-corrected chi connectivity index (χ1v) is 12.2. The fourth-order valence-corrected chi connectivity index (χ4v) is 5.23. The van der Waals surface area contributed by atoms with E-state index in [4.69, 9.17) is 0 Å². The number of rotatable bonds is 4. The molecule has 0 aliphatic carbocycles. The largest absolute Gasteiger partial charge is 0.374 e. The molecule has 0 bridgehead atoms. The van der Waals surface area contributed by atoms with Crippen molar-refractivity contribution in [3.8, 4) is 0 Å². The fourth-order valence-electron chi connectivity index (χ4n) is 5.23. The lowest BCUT2D eigenvalue weighted by Crippen LogP contribution is -2.54. The molecule has 3 aliphatic heterocycles. The third-order valence-corrected chi connectivity index (χ3v) is 7.20. The Hall–Kier alpha value is -2.89. The van der Waals surface area contributed by atoms with Crippen molar-refractivity contribution in [3.63, 3.8) is 0 Å². The number of piperidine rings is 2. The van der Waals surface area contributed by atoms with Crippen molar-refractivity contribution in [1.29, 1.82) is 0 Å². The van der Waals surface area contributed by atoms with E-state index in [-0.39, 0.29) is 5.41 Å². The average Bonchev–Trinajstić information content (AvgIpc) is 2.88. The highest BCUT2D eigenvalue weighted by molar-refractivity contribution is 5.84. The van der Waals surface area contributed by atoms with E-state index in [1.165, 1.54) is 0 Å². The molecule has 1 amide bonds. The minimum absolute atomic E-state index is 0.254. The SMILES string of the molecule is C=C1/C=C\C=C/CN(CC)/C=C\1CN1CCCC2(CCN(c3nc(C)cc(C)n3)CC2)C1=O. The van der Waals surface area contributed by atoms with Gasteiger partial charge >= 0.3 is 0 Å². The van der Waals surface area contributed by atoms with Gasteiger partial charge in [-0.2, -0.15) is 0 Å². The van der Waals surface area contributed by atoms with E-state index < -0.39 is 0 Å². The minimum Gasteiger partial charge on any atom is -0.374 e. The van der Waals surface area contributed by atoms with E-state index in [0.29, 0.717) is 12.5 Å². The molecule has 0 unspecified atom stereocenters. The Balaban J connectivity index is 1.47. The molecule has 6 heteroatoms. The maximum absolute atomic E-state index is 13.8. The van der Waals surface area contributed by atoms with Crippen LogP contribution in [0.4, 0.5) is 5.95 Å². The van der Waals surface area contributed by atoms with Crippen LogP contribution in [0.25, 0.3) is 0 Å². The monoisotopic (exact) mass is 447 g/mol. The van der Waals surface area contributed by atoms with E-state index in [9.17, 15) is 4.79 Å². The Morgan fingerprint density at radius 1 is 1.06 bits per heavy atom. The standard InChI is InChI=1S/C27H37N5O/c1-5-30-14-8-6-7-10-21(2)24(19-30)20-32-15-9-11-27(25(32)33)12-16-31(17-13-27)26-28-22(3)18-23(4)29-26/h6-8,10,18-19H,2,5,9,11-17,20H2,1,3-4H3/b8-6-,10-7-,24-19-. The summed E-state index contributed by atoms with van der Waals surface area (Å²) in [6.45, 7) is 15.4. The lowest BCUT2D eigenvalue weighted by Gasteiger charge is -2.46. The molecule has 33 heavy (non-hydrogen) atoms. The van der Waals surface area contributed by atoms with Crippen LogP contribution in [0.5, 0.6) is 0 Å². The smallest absolute Gasteiger partial charge is 0.229 e. The number of allylic oxidation sites excluding steroid dienone is 3. The first-order valence-electron chi connectivity index (χ1n) is 12.2. The van der Waals surface area contributed by atoms with Crippen LogP contribution in [-0.4, -0.2) is 64.9 Å². The minimum atomic E-state index is -0.254. The van der Waals surface area contributed by atoms with Gasteiger partial charge in [-0.05, 0) is 63.7 Å². The van der Waals surface area contributed by atoms with Crippen LogP contribution >= 0.6 is 0 Å². The second-order valence-corrected chi connectivity index (χ2v) is 9.60. The third kappa shape index (κ3) is 5.21. The Kier molecular flexibility index (Phi) is 7.01. The summed E-state index contributed by atoms with van der Waals surface area (Å²) in [5.74, 6) is 1.11. The summed E-state index contributed by atoms with van der Waals surface area (Å²) in [6.07, 6.45) is 14.3. The molecule has 2 fully saturated rings. The number of hydrogen-bond acceptors (Lipinski definition) is 5. The van der Waals surface area contributed by atoms with Crippen molar-refractivity contribution in [1.82, 2.24) is 19.8 Å². The zero-order valence-corrected chi connectivity index (χ0v) is 20.4. The number of carbonyl (C=O) groups is 1. The zero-order chi connectivity index (χ0) is 23.4. The van der Waals surface area contributed by atoms with E-state index in [2.05, 4.69) is 56.5 Å². The summed E-state index contributed by atoms with van der Waals surface area (Å²) in [4.78, 5) is 29.7. The summed E-state index contributed by atoms with van der Waals surface area (Å²) < 4.78 is 0. The van der Waals surface area contributed by atoms with Crippen LogP contribution in [0.2, 0.25) is 0 Å². The van der Waals surface area contributed by atoms with Gasteiger partial charge in [-0.1, -0.05) is 30.9 Å². The molecule has 6 nitrogen and oxygen atoms in total. The predicted octanol–water partition coefficient (Wildman–Crippen LogP) is 4.19. The number of likely N-dealkylation sites (N-methyl/N-ethyl adjacent to an activating group) is 1. The van der Waals surface area contributed by atoms with Gasteiger partial charge in [0.05, 0.1) is 5.41 Å². The van der Waals surface area contributed by atoms with Gasteiger partial charge in [0.1, 0.15) is 0 Å². The maximum Gasteiger partial charge on any atom is 0.229 e. The highest BCUT2D eigenvalue weighted by Crippen LogP contribution is 2.42. The molecule has 2 saturated heterocycles. The second kappa shape index (κ2) is 9.94. The molecule has 1 spiro atoms. The maximum atomic E-state index is 13.8. The Bertz CT molecular complexity index is 964. The van der Waals surface area contributed by atoms with Gasteiger partial charge in [-0.3, -0.25) is 4.79 Å². The number of aromatic nitrogens is 2. The normalized spacial score (nSPS) is 24.7. The number of amides is 1. The average molecular weight is 448 g/mol. The summed E-state index contributed by atoms with van der Waals surface area (Å²) in [6, 6.07) is 2.00. The van der Waals surface area contributed by atoms with Gasteiger partial charge in [0, 0.05) is 56.9 Å². The Morgan fingerprint density at radius 2 is 1.79 bits per heavy atom. The number of aryl methyl sites for hydroxylation is 2. The number of carbonyl (C=O) groups excluding carboxylic acids is 1. The molecule has 4 heterocycles. The molecule has 176 valence electrons. The van der Waals surface area contributed by atoms with Gasteiger partial charge in [-0.25, -0.2) is 9.97 Å². The van der Waals surface area contributed by atoms with Crippen molar-refractivity contribution in [2.24, 2.45) is 5.41 Å². The summed E-state index contributed by atoms with van der Waals surface area (Å²) >= 11 is 0. The zero-order valence-electron chi connectivity index (χ0n) is 20.4. The van der Waals surface area contributed by atoms with Crippen LogP contribution < -0.4 is 4.90 Å². The molecule has 4 rings (SSSR count). The molecule has 1 aromatic heterocycles. The number of nitrogens with zero attached hydrogens (tertiary/aromatic N) is 5. The molecule has 0 N–H and O–H groups in total. The molecule has 3 aliphatic rings. The molecule has 0 saturated carbocycles. The third-order valence-electron chi connectivity index (χ3n) is 7.20. The lowest BCUT2D eigenvalue weighted by atomic mass is 9.71. The van der Waals surface area contributed by atoms with Crippen molar-refractivity contribution in [2.75, 3.05) is 44.2 Å². The van der Waals surface area contributed by atoms with Crippen LogP contribution in [0.1, 0.15) is 44.0 Å². The van der Waals surface area contributed by atoms with Gasteiger partial charge in [0.15, 0.2) is 0 Å². The van der Waals surface area contributed by atoms with Crippen LogP contribution in [0, 0.1) is 19.3 Å². The Morgan fingerprint density at radius 3 is 2.48 bits per heavy atom. The van der Waals surface area contributed by atoms with Crippen molar-refractivity contribution in [2.45, 2.75) is 46.5 Å².